The van der Waals surface area contributed by atoms with Gasteiger partial charge in [0.25, 0.3) is 0 Å². The Labute approximate surface area is 124 Å². The lowest BCUT2D eigenvalue weighted by atomic mass is 10.0. The number of furan rings is 1. The monoisotopic (exact) mass is 288 g/mol. The minimum atomic E-state index is -1.24. The zero-order valence-electron chi connectivity index (χ0n) is 12.2. The summed E-state index contributed by atoms with van der Waals surface area (Å²) in [5, 5.41) is 15.7. The van der Waals surface area contributed by atoms with E-state index in [9.17, 15) is 9.90 Å². The summed E-state index contributed by atoms with van der Waals surface area (Å²) in [6.07, 6.45) is 1.49. The lowest BCUT2D eigenvalue weighted by Crippen LogP contribution is -2.44. The van der Waals surface area contributed by atoms with Crippen LogP contribution in [0.25, 0.3) is 0 Å². The van der Waals surface area contributed by atoms with Gasteiger partial charge < -0.3 is 20.2 Å². The molecule has 0 aliphatic heterocycles. The molecule has 2 aromatic rings. The van der Waals surface area contributed by atoms with E-state index in [0.29, 0.717) is 5.76 Å². The first-order valence-electron chi connectivity index (χ1n) is 6.85. The predicted octanol–water partition coefficient (Wildman–Crippen LogP) is 2.55. The molecule has 0 aliphatic carbocycles. The van der Waals surface area contributed by atoms with Gasteiger partial charge in [-0.1, -0.05) is 30.3 Å². The van der Waals surface area contributed by atoms with Crippen molar-refractivity contribution in [3.63, 3.8) is 0 Å². The van der Waals surface area contributed by atoms with Crippen LogP contribution in [0.1, 0.15) is 31.2 Å². The second kappa shape index (κ2) is 6.45. The second-order valence-electron chi connectivity index (χ2n) is 5.21. The summed E-state index contributed by atoms with van der Waals surface area (Å²) < 4.78 is 5.16. The number of rotatable bonds is 5. The van der Waals surface area contributed by atoms with Crippen LogP contribution in [-0.2, 0) is 5.60 Å². The molecule has 2 amide bonds. The molecule has 1 aromatic carbocycles. The molecule has 1 heterocycles. The molecule has 1 aromatic heterocycles. The topological polar surface area (TPSA) is 74.5 Å². The van der Waals surface area contributed by atoms with Gasteiger partial charge in [-0.15, -0.1) is 0 Å². The van der Waals surface area contributed by atoms with Gasteiger partial charge in [-0.05, 0) is 31.5 Å². The minimum absolute atomic E-state index is 0.0633. The van der Waals surface area contributed by atoms with E-state index in [4.69, 9.17) is 4.42 Å². The highest BCUT2D eigenvalue weighted by Crippen LogP contribution is 2.19. The molecule has 2 rings (SSSR count). The van der Waals surface area contributed by atoms with Gasteiger partial charge in [-0.2, -0.15) is 0 Å². The smallest absolute Gasteiger partial charge is 0.315 e. The highest BCUT2D eigenvalue weighted by Gasteiger charge is 2.26. The van der Waals surface area contributed by atoms with Gasteiger partial charge in [-0.3, -0.25) is 0 Å². The zero-order valence-corrected chi connectivity index (χ0v) is 12.2. The third kappa shape index (κ3) is 4.10. The molecule has 0 aliphatic rings. The zero-order chi connectivity index (χ0) is 15.3. The largest absolute Gasteiger partial charge is 0.466 e. The molecule has 0 bridgehead atoms. The normalized spacial score (nSPS) is 15.0. The van der Waals surface area contributed by atoms with E-state index >= 15 is 0 Å². The predicted molar refractivity (Wildman–Crippen MR) is 79.7 cm³/mol. The molecular weight excluding hydrogens is 268 g/mol. The minimum Gasteiger partial charge on any atom is -0.466 e. The number of nitrogens with one attached hydrogen (secondary N) is 2. The Balaban J connectivity index is 1.85. The summed E-state index contributed by atoms with van der Waals surface area (Å²) in [4.78, 5) is 11.9. The number of aliphatic hydroxyl groups is 1. The van der Waals surface area contributed by atoms with Crippen molar-refractivity contribution in [1.29, 1.82) is 0 Å². The Morgan fingerprint density at radius 2 is 2.00 bits per heavy atom. The average molecular weight is 288 g/mol. The van der Waals surface area contributed by atoms with Crippen LogP contribution in [0.3, 0.4) is 0 Å². The number of urea groups is 1. The molecule has 2 unspecified atom stereocenters. The number of hydrogen-bond acceptors (Lipinski definition) is 3. The van der Waals surface area contributed by atoms with Gasteiger partial charge in [0.1, 0.15) is 11.4 Å². The molecule has 0 fully saturated rings. The number of carbonyl (C=O) groups is 1. The maximum Gasteiger partial charge on any atom is 0.315 e. The summed E-state index contributed by atoms with van der Waals surface area (Å²) >= 11 is 0. The Kier molecular flexibility index (Phi) is 4.65. The van der Waals surface area contributed by atoms with Crippen molar-refractivity contribution in [2.45, 2.75) is 25.5 Å². The Hall–Kier alpha value is -2.27. The van der Waals surface area contributed by atoms with Gasteiger partial charge in [0, 0.05) is 0 Å². The van der Waals surface area contributed by atoms with Crippen LogP contribution in [-0.4, -0.2) is 17.7 Å². The van der Waals surface area contributed by atoms with E-state index in [1.807, 2.05) is 37.3 Å². The van der Waals surface area contributed by atoms with E-state index < -0.39 is 5.60 Å². The highest BCUT2D eigenvalue weighted by atomic mass is 16.4. The summed E-state index contributed by atoms with van der Waals surface area (Å²) in [6.45, 7) is 3.56. The standard InChI is InChI=1S/C16H20N2O3/c1-12(13-7-4-3-5-8-13)18-15(19)17-11-16(2,20)14-9-6-10-21-14/h3-10,12,20H,11H2,1-2H3,(H2,17,18,19). The molecule has 0 saturated heterocycles. The Bertz CT molecular complexity index is 564. The molecule has 112 valence electrons. The molecule has 5 heteroatoms. The molecule has 0 saturated carbocycles. The third-order valence-electron chi connectivity index (χ3n) is 3.29. The maximum atomic E-state index is 11.9. The summed E-state index contributed by atoms with van der Waals surface area (Å²) in [6, 6.07) is 12.6. The van der Waals surface area contributed by atoms with Crippen LogP contribution >= 0.6 is 0 Å². The van der Waals surface area contributed by atoms with Gasteiger partial charge in [0.15, 0.2) is 0 Å². The summed E-state index contributed by atoms with van der Waals surface area (Å²) in [5.74, 6) is 0.416. The first kappa shape index (κ1) is 15.1. The van der Waals surface area contributed by atoms with Crippen molar-refractivity contribution in [3.8, 4) is 0 Å². The fourth-order valence-electron chi connectivity index (χ4n) is 2.00. The van der Waals surface area contributed by atoms with Crippen LogP contribution in [0, 0.1) is 0 Å². The number of hydrogen-bond donors (Lipinski definition) is 3. The molecule has 2 atom stereocenters. The second-order valence-corrected chi connectivity index (χ2v) is 5.21. The Morgan fingerprint density at radius 3 is 2.62 bits per heavy atom. The van der Waals surface area contributed by atoms with Crippen molar-refractivity contribution < 1.29 is 14.3 Å². The van der Waals surface area contributed by atoms with E-state index in [2.05, 4.69) is 10.6 Å². The van der Waals surface area contributed by atoms with E-state index in [-0.39, 0.29) is 18.6 Å². The molecule has 0 radical (unpaired) electrons. The first-order valence-corrected chi connectivity index (χ1v) is 6.85. The van der Waals surface area contributed by atoms with Crippen molar-refractivity contribution >= 4 is 6.03 Å². The quantitative estimate of drug-likeness (QED) is 0.791. The number of amides is 2. The van der Waals surface area contributed by atoms with E-state index in [1.54, 1.807) is 19.1 Å². The molecular formula is C16H20N2O3. The molecule has 21 heavy (non-hydrogen) atoms. The Morgan fingerprint density at radius 1 is 1.29 bits per heavy atom. The third-order valence-corrected chi connectivity index (χ3v) is 3.29. The van der Waals surface area contributed by atoms with Crippen LogP contribution in [0.2, 0.25) is 0 Å². The van der Waals surface area contributed by atoms with E-state index in [0.717, 1.165) is 5.56 Å². The van der Waals surface area contributed by atoms with Crippen molar-refractivity contribution in [2.24, 2.45) is 0 Å². The van der Waals surface area contributed by atoms with E-state index in [1.165, 1.54) is 6.26 Å². The highest BCUT2D eigenvalue weighted by molar-refractivity contribution is 5.74. The van der Waals surface area contributed by atoms with Gasteiger partial charge in [0.05, 0.1) is 18.8 Å². The van der Waals surface area contributed by atoms with Gasteiger partial charge in [-0.25, -0.2) is 4.79 Å². The van der Waals surface area contributed by atoms with Crippen molar-refractivity contribution in [3.05, 3.63) is 60.1 Å². The maximum absolute atomic E-state index is 11.9. The molecule has 0 spiro atoms. The number of benzene rings is 1. The lowest BCUT2D eigenvalue weighted by molar-refractivity contribution is 0.0366. The van der Waals surface area contributed by atoms with Crippen LogP contribution in [0.15, 0.2) is 53.1 Å². The fraction of sp³-hybridized carbons (Fsp3) is 0.312. The van der Waals surface area contributed by atoms with Crippen LogP contribution < -0.4 is 10.6 Å². The fourth-order valence-corrected chi connectivity index (χ4v) is 2.00. The van der Waals surface area contributed by atoms with Crippen LogP contribution in [0.4, 0.5) is 4.79 Å². The van der Waals surface area contributed by atoms with Crippen molar-refractivity contribution in [2.75, 3.05) is 6.54 Å². The van der Waals surface area contributed by atoms with Crippen LogP contribution in [0.5, 0.6) is 0 Å². The van der Waals surface area contributed by atoms with Crippen molar-refractivity contribution in [1.82, 2.24) is 10.6 Å². The molecule has 5 nitrogen and oxygen atoms in total. The molecule has 3 N–H and O–H groups in total. The summed E-state index contributed by atoms with van der Waals surface area (Å²) in [7, 11) is 0. The summed E-state index contributed by atoms with van der Waals surface area (Å²) in [5.41, 5.74) is -0.220. The average Bonchev–Trinajstić information content (AvgIpc) is 3.01. The number of carbonyl (C=O) groups excluding carboxylic acids is 1. The van der Waals surface area contributed by atoms with Gasteiger partial charge in [0.2, 0.25) is 0 Å². The lowest BCUT2D eigenvalue weighted by Gasteiger charge is -2.22. The SMILES string of the molecule is CC(NC(=O)NCC(C)(O)c1ccco1)c1ccccc1. The van der Waals surface area contributed by atoms with Gasteiger partial charge >= 0.3 is 6.03 Å². The first-order chi connectivity index (χ1) is 9.99.